The van der Waals surface area contributed by atoms with Crippen LogP contribution in [0.15, 0.2) is 22.1 Å². The Labute approximate surface area is 136 Å². The second-order valence-corrected chi connectivity index (χ2v) is 5.50. The van der Waals surface area contributed by atoms with Crippen LogP contribution in [-0.2, 0) is 9.53 Å². The average Bonchev–Trinajstić information content (AvgIpc) is 3.06. The smallest absolute Gasteiger partial charge is 0.262 e. The van der Waals surface area contributed by atoms with Crippen LogP contribution in [0.25, 0.3) is 6.08 Å². The second kappa shape index (κ2) is 9.01. The van der Waals surface area contributed by atoms with Gasteiger partial charge >= 0.3 is 0 Å². The molecular weight excluding hydrogens is 294 g/mol. The van der Waals surface area contributed by atoms with Gasteiger partial charge in [0.1, 0.15) is 17.4 Å². The van der Waals surface area contributed by atoms with Crippen LogP contribution >= 0.6 is 0 Å². The van der Waals surface area contributed by atoms with Crippen molar-refractivity contribution < 1.29 is 13.9 Å². The summed E-state index contributed by atoms with van der Waals surface area (Å²) in [4.78, 5) is 14.1. The van der Waals surface area contributed by atoms with Gasteiger partial charge in [0.2, 0.25) is 0 Å². The summed E-state index contributed by atoms with van der Waals surface area (Å²) >= 11 is 0. The molecule has 1 aromatic heterocycles. The fraction of sp³-hybridized carbons (Fsp3) is 0.529. The number of carbonyl (C=O) groups is 1. The van der Waals surface area contributed by atoms with Gasteiger partial charge in [-0.2, -0.15) is 5.26 Å². The number of hydrogen-bond acceptors (Lipinski definition) is 5. The third kappa shape index (κ3) is 5.15. The van der Waals surface area contributed by atoms with Crippen molar-refractivity contribution >= 4 is 17.9 Å². The Bertz CT molecular complexity index is 580. The predicted octanol–water partition coefficient (Wildman–Crippen LogP) is 2.33. The highest BCUT2D eigenvalue weighted by Gasteiger charge is 2.15. The molecule has 124 valence electrons. The molecule has 1 aliphatic rings. The van der Waals surface area contributed by atoms with Crippen LogP contribution in [-0.4, -0.2) is 39.3 Å². The van der Waals surface area contributed by atoms with Gasteiger partial charge < -0.3 is 19.4 Å². The molecule has 1 saturated heterocycles. The number of rotatable bonds is 7. The molecule has 0 bridgehead atoms. The lowest BCUT2D eigenvalue weighted by atomic mass is 10.1. The second-order valence-electron chi connectivity index (χ2n) is 5.50. The number of nitrogens with one attached hydrogen (secondary N) is 1. The maximum Gasteiger partial charge on any atom is 0.262 e. The number of nitrogens with zero attached hydrogens (tertiary/aromatic N) is 2. The number of amides is 1. The van der Waals surface area contributed by atoms with Crippen molar-refractivity contribution in [3.05, 3.63) is 23.5 Å². The number of hydrogen-bond donors (Lipinski definition) is 1. The van der Waals surface area contributed by atoms with E-state index in [1.807, 2.05) is 12.1 Å². The first-order chi connectivity index (χ1) is 11.2. The Morgan fingerprint density at radius 1 is 1.43 bits per heavy atom. The van der Waals surface area contributed by atoms with Gasteiger partial charge in [0.15, 0.2) is 5.88 Å². The summed E-state index contributed by atoms with van der Waals surface area (Å²) in [6.45, 7) is 3.02. The first-order valence-electron chi connectivity index (χ1n) is 7.98. The quantitative estimate of drug-likeness (QED) is 0.474. The minimum atomic E-state index is -0.389. The molecule has 0 atom stereocenters. The zero-order valence-electron chi connectivity index (χ0n) is 13.5. The summed E-state index contributed by atoms with van der Waals surface area (Å²) < 4.78 is 10.7. The molecule has 0 unspecified atom stereocenters. The van der Waals surface area contributed by atoms with E-state index in [2.05, 4.69) is 10.2 Å². The Morgan fingerprint density at radius 3 is 2.91 bits per heavy atom. The summed E-state index contributed by atoms with van der Waals surface area (Å²) in [6.07, 6.45) is 5.78. The molecule has 1 amide bonds. The molecule has 1 aromatic rings. The summed E-state index contributed by atoms with van der Waals surface area (Å²) in [5, 5.41) is 11.9. The first-order valence-corrected chi connectivity index (χ1v) is 7.98. The summed E-state index contributed by atoms with van der Waals surface area (Å²) in [6, 6.07) is 5.61. The molecule has 0 saturated carbocycles. The van der Waals surface area contributed by atoms with Crippen molar-refractivity contribution in [1.82, 2.24) is 5.32 Å². The largest absolute Gasteiger partial charge is 0.441 e. The van der Waals surface area contributed by atoms with Gasteiger partial charge in [-0.15, -0.1) is 0 Å². The number of ether oxygens (including phenoxy) is 1. The number of anilines is 1. The highest BCUT2D eigenvalue weighted by Crippen LogP contribution is 2.23. The number of piperidine rings is 1. The molecule has 1 N–H and O–H groups in total. The van der Waals surface area contributed by atoms with E-state index in [0.29, 0.717) is 25.3 Å². The average molecular weight is 317 g/mol. The highest BCUT2D eigenvalue weighted by molar-refractivity contribution is 6.01. The monoisotopic (exact) mass is 317 g/mol. The van der Waals surface area contributed by atoms with Crippen LogP contribution in [0, 0.1) is 11.3 Å². The Kier molecular flexibility index (Phi) is 6.70. The van der Waals surface area contributed by atoms with E-state index in [1.165, 1.54) is 25.3 Å². The van der Waals surface area contributed by atoms with Crippen LogP contribution in [0.1, 0.15) is 31.4 Å². The van der Waals surface area contributed by atoms with E-state index in [0.717, 1.165) is 19.0 Å². The van der Waals surface area contributed by atoms with Crippen molar-refractivity contribution in [3.63, 3.8) is 0 Å². The molecule has 6 heteroatoms. The van der Waals surface area contributed by atoms with E-state index in [1.54, 1.807) is 13.2 Å². The van der Waals surface area contributed by atoms with Crippen LogP contribution in [0.5, 0.6) is 0 Å². The van der Waals surface area contributed by atoms with Crippen molar-refractivity contribution in [1.29, 1.82) is 5.26 Å². The molecular formula is C17H23N3O3. The lowest BCUT2D eigenvalue weighted by molar-refractivity contribution is -0.117. The number of furan rings is 1. The maximum atomic E-state index is 12.0. The molecule has 2 heterocycles. The van der Waals surface area contributed by atoms with Crippen molar-refractivity contribution in [3.8, 4) is 6.07 Å². The lowest BCUT2D eigenvalue weighted by Crippen LogP contribution is -2.28. The van der Waals surface area contributed by atoms with E-state index in [9.17, 15) is 4.79 Å². The molecule has 0 aliphatic carbocycles. The topological polar surface area (TPSA) is 78.5 Å². The van der Waals surface area contributed by atoms with Gasteiger partial charge in [0.05, 0.1) is 0 Å². The molecule has 0 radical (unpaired) electrons. The zero-order valence-corrected chi connectivity index (χ0v) is 13.5. The third-order valence-electron chi connectivity index (χ3n) is 3.74. The van der Waals surface area contributed by atoms with E-state index in [-0.39, 0.29) is 11.5 Å². The van der Waals surface area contributed by atoms with Crippen molar-refractivity contribution in [2.24, 2.45) is 0 Å². The summed E-state index contributed by atoms with van der Waals surface area (Å²) in [5.74, 6) is 0.933. The molecule has 1 fully saturated rings. The Hall–Kier alpha value is -2.26. The van der Waals surface area contributed by atoms with Crippen molar-refractivity contribution in [2.75, 3.05) is 38.3 Å². The standard InChI is InChI=1S/C17H23N3O3/c1-22-11-5-8-19-17(21)14(13-18)12-15-6-7-16(23-15)20-9-3-2-4-10-20/h6-7,12H,2-5,8-11H2,1H3,(H,19,21)/b14-12+. The fourth-order valence-electron chi connectivity index (χ4n) is 2.51. The lowest BCUT2D eigenvalue weighted by Gasteiger charge is -2.25. The van der Waals surface area contributed by atoms with Gasteiger partial charge in [-0.25, -0.2) is 0 Å². The van der Waals surface area contributed by atoms with Gasteiger partial charge in [-0.05, 0) is 31.7 Å². The molecule has 0 aromatic carbocycles. The van der Waals surface area contributed by atoms with E-state index in [4.69, 9.17) is 14.4 Å². The number of carbonyl (C=O) groups excluding carboxylic acids is 1. The SMILES string of the molecule is COCCCNC(=O)/C(C#N)=C/c1ccc(N2CCCCC2)o1. The molecule has 0 spiro atoms. The van der Waals surface area contributed by atoms with E-state index >= 15 is 0 Å². The Balaban J connectivity index is 1.96. The Morgan fingerprint density at radius 2 is 2.22 bits per heavy atom. The van der Waals surface area contributed by atoms with Gasteiger partial charge in [0.25, 0.3) is 5.91 Å². The number of methoxy groups -OCH3 is 1. The summed E-state index contributed by atoms with van der Waals surface area (Å²) in [5.41, 5.74) is 0.0435. The van der Waals surface area contributed by atoms with Crippen molar-refractivity contribution in [2.45, 2.75) is 25.7 Å². The number of nitriles is 1. The third-order valence-corrected chi connectivity index (χ3v) is 3.74. The minimum absolute atomic E-state index is 0.0435. The minimum Gasteiger partial charge on any atom is -0.441 e. The molecule has 6 nitrogen and oxygen atoms in total. The van der Waals surface area contributed by atoms with Gasteiger partial charge in [-0.1, -0.05) is 0 Å². The fourth-order valence-corrected chi connectivity index (χ4v) is 2.51. The molecule has 23 heavy (non-hydrogen) atoms. The zero-order chi connectivity index (χ0) is 16.5. The predicted molar refractivity (Wildman–Crippen MR) is 87.9 cm³/mol. The van der Waals surface area contributed by atoms with Gasteiger partial charge in [-0.3, -0.25) is 4.79 Å². The van der Waals surface area contributed by atoms with Crippen LogP contribution in [0.2, 0.25) is 0 Å². The van der Waals surface area contributed by atoms with Crippen LogP contribution in [0.3, 0.4) is 0 Å². The van der Waals surface area contributed by atoms with Gasteiger partial charge in [0, 0.05) is 45.5 Å². The maximum absolute atomic E-state index is 12.0. The van der Waals surface area contributed by atoms with Crippen LogP contribution in [0.4, 0.5) is 5.88 Å². The highest BCUT2D eigenvalue weighted by atomic mass is 16.5. The normalized spacial score (nSPS) is 15.3. The molecule has 1 aliphatic heterocycles. The summed E-state index contributed by atoms with van der Waals surface area (Å²) in [7, 11) is 1.61. The first kappa shape index (κ1) is 17.1. The van der Waals surface area contributed by atoms with E-state index < -0.39 is 0 Å². The van der Waals surface area contributed by atoms with Crippen LogP contribution < -0.4 is 10.2 Å². The molecule has 2 rings (SSSR count).